The first-order valence-electron chi connectivity index (χ1n) is 6.67. The maximum absolute atomic E-state index is 11.9. The first-order valence-corrected chi connectivity index (χ1v) is 6.67. The Morgan fingerprint density at radius 2 is 2.05 bits per heavy atom. The van der Waals surface area contributed by atoms with Crippen molar-refractivity contribution in [2.24, 2.45) is 16.5 Å². The van der Waals surface area contributed by atoms with E-state index < -0.39 is 6.04 Å². The van der Waals surface area contributed by atoms with Crippen molar-refractivity contribution in [3.05, 3.63) is 30.3 Å². The van der Waals surface area contributed by atoms with Crippen molar-refractivity contribution in [2.45, 2.75) is 25.8 Å². The maximum Gasteiger partial charge on any atom is 0.328 e. The molecular formula is C14H22N4O2. The molecule has 0 bridgehead atoms. The summed E-state index contributed by atoms with van der Waals surface area (Å²) in [5, 5.41) is 3.17. The Hall–Kier alpha value is -2.24. The Bertz CT molecular complexity index is 430. The first-order chi connectivity index (χ1) is 9.63. The number of aliphatic imine (C=N–C) groups is 1. The quantitative estimate of drug-likeness (QED) is 0.286. The van der Waals surface area contributed by atoms with Crippen LogP contribution in [0.3, 0.4) is 0 Å². The Kier molecular flexibility index (Phi) is 6.95. The lowest BCUT2D eigenvalue weighted by molar-refractivity contribution is -0.144. The molecule has 20 heavy (non-hydrogen) atoms. The molecule has 5 N–H and O–H groups in total. The van der Waals surface area contributed by atoms with Gasteiger partial charge in [0.05, 0.1) is 6.61 Å². The zero-order chi connectivity index (χ0) is 14.8. The fraction of sp³-hybridized carbons (Fsp3) is 0.429. The molecule has 1 unspecified atom stereocenters. The van der Waals surface area contributed by atoms with E-state index in [9.17, 15) is 4.79 Å². The predicted octanol–water partition coefficient (Wildman–Crippen LogP) is 1.08. The summed E-state index contributed by atoms with van der Waals surface area (Å²) in [4.78, 5) is 15.8. The van der Waals surface area contributed by atoms with Gasteiger partial charge in [0.2, 0.25) is 0 Å². The summed E-state index contributed by atoms with van der Waals surface area (Å²) < 4.78 is 5.07. The van der Waals surface area contributed by atoms with Gasteiger partial charge in [0, 0.05) is 12.2 Å². The van der Waals surface area contributed by atoms with E-state index in [0.717, 1.165) is 5.69 Å². The number of carbonyl (C=O) groups excluding carboxylic acids is 1. The molecule has 0 fully saturated rings. The molecule has 1 rings (SSSR count). The Morgan fingerprint density at radius 1 is 1.35 bits per heavy atom. The fourth-order valence-electron chi connectivity index (χ4n) is 1.73. The second-order valence-electron chi connectivity index (χ2n) is 4.26. The average Bonchev–Trinajstić information content (AvgIpc) is 2.43. The third-order valence-electron chi connectivity index (χ3n) is 2.63. The highest BCUT2D eigenvalue weighted by atomic mass is 16.5. The topological polar surface area (TPSA) is 103 Å². The van der Waals surface area contributed by atoms with Crippen LogP contribution in [0.15, 0.2) is 35.3 Å². The van der Waals surface area contributed by atoms with Gasteiger partial charge in [0.15, 0.2) is 5.96 Å². The molecule has 0 aliphatic heterocycles. The summed E-state index contributed by atoms with van der Waals surface area (Å²) in [5.74, 6) is -0.199. The number of hydrogen-bond acceptors (Lipinski definition) is 4. The summed E-state index contributed by atoms with van der Waals surface area (Å²) >= 11 is 0. The van der Waals surface area contributed by atoms with E-state index in [1.54, 1.807) is 6.92 Å². The van der Waals surface area contributed by atoms with Gasteiger partial charge < -0.3 is 21.5 Å². The van der Waals surface area contributed by atoms with Crippen LogP contribution >= 0.6 is 0 Å². The van der Waals surface area contributed by atoms with Crippen LogP contribution in [0.2, 0.25) is 0 Å². The van der Waals surface area contributed by atoms with E-state index in [1.807, 2.05) is 30.3 Å². The minimum absolute atomic E-state index is 0.0636. The lowest BCUT2D eigenvalue weighted by atomic mass is 10.1. The Labute approximate surface area is 119 Å². The molecule has 0 aliphatic carbocycles. The van der Waals surface area contributed by atoms with Crippen LogP contribution in [0.4, 0.5) is 5.69 Å². The second-order valence-corrected chi connectivity index (χ2v) is 4.26. The summed E-state index contributed by atoms with van der Waals surface area (Å²) in [6.07, 6.45) is 1.30. The van der Waals surface area contributed by atoms with Gasteiger partial charge in [0.1, 0.15) is 6.04 Å². The summed E-state index contributed by atoms with van der Waals surface area (Å²) in [7, 11) is 0. The standard InChI is InChI=1S/C14H22N4O2/c1-2-20-13(19)12(9-6-10-17-14(15)16)18-11-7-4-3-5-8-11/h3-5,7-8,12,18H,2,6,9-10H2,1H3,(H4,15,16,17). The number of ether oxygens (including phenoxy) is 1. The molecule has 6 heteroatoms. The molecule has 0 aliphatic rings. The number of guanidine groups is 1. The van der Waals surface area contributed by atoms with Crippen molar-refractivity contribution >= 4 is 17.6 Å². The molecule has 1 aromatic rings. The average molecular weight is 278 g/mol. The van der Waals surface area contributed by atoms with Crippen molar-refractivity contribution in [2.75, 3.05) is 18.5 Å². The molecule has 0 heterocycles. The molecule has 6 nitrogen and oxygen atoms in total. The van der Waals surface area contributed by atoms with Gasteiger partial charge in [-0.1, -0.05) is 18.2 Å². The zero-order valence-corrected chi connectivity index (χ0v) is 11.7. The van der Waals surface area contributed by atoms with Crippen LogP contribution in [0, 0.1) is 0 Å². The summed E-state index contributed by atoms with van der Waals surface area (Å²) in [6, 6.07) is 9.15. The second kappa shape index (κ2) is 8.79. The number of esters is 1. The maximum atomic E-state index is 11.9. The molecule has 110 valence electrons. The molecular weight excluding hydrogens is 256 g/mol. The number of anilines is 1. The van der Waals surface area contributed by atoms with Crippen molar-refractivity contribution < 1.29 is 9.53 Å². The van der Waals surface area contributed by atoms with Crippen LogP contribution in [-0.2, 0) is 9.53 Å². The largest absolute Gasteiger partial charge is 0.464 e. The zero-order valence-electron chi connectivity index (χ0n) is 11.7. The van der Waals surface area contributed by atoms with Gasteiger partial charge in [-0.15, -0.1) is 0 Å². The molecule has 0 saturated carbocycles. The van der Waals surface area contributed by atoms with Crippen molar-refractivity contribution in [1.29, 1.82) is 0 Å². The summed E-state index contributed by atoms with van der Waals surface area (Å²) in [6.45, 7) is 2.64. The third kappa shape index (κ3) is 6.08. The lowest BCUT2D eigenvalue weighted by Gasteiger charge is -2.18. The molecule has 0 spiro atoms. The van der Waals surface area contributed by atoms with E-state index in [0.29, 0.717) is 26.0 Å². The minimum Gasteiger partial charge on any atom is -0.464 e. The smallest absolute Gasteiger partial charge is 0.328 e. The van der Waals surface area contributed by atoms with Crippen LogP contribution in [0.25, 0.3) is 0 Å². The van der Waals surface area contributed by atoms with Gasteiger partial charge >= 0.3 is 5.97 Å². The Morgan fingerprint density at radius 3 is 2.65 bits per heavy atom. The number of hydrogen-bond donors (Lipinski definition) is 3. The van der Waals surface area contributed by atoms with Gasteiger partial charge in [0.25, 0.3) is 0 Å². The highest BCUT2D eigenvalue weighted by Gasteiger charge is 2.18. The van der Waals surface area contributed by atoms with E-state index in [-0.39, 0.29) is 11.9 Å². The van der Waals surface area contributed by atoms with Crippen molar-refractivity contribution in [3.8, 4) is 0 Å². The van der Waals surface area contributed by atoms with Gasteiger partial charge in [-0.25, -0.2) is 4.79 Å². The first kappa shape index (κ1) is 15.8. The Balaban J connectivity index is 2.56. The fourth-order valence-corrected chi connectivity index (χ4v) is 1.73. The number of para-hydroxylation sites is 1. The van der Waals surface area contributed by atoms with Crippen molar-refractivity contribution in [1.82, 2.24) is 0 Å². The highest BCUT2D eigenvalue weighted by Crippen LogP contribution is 2.11. The third-order valence-corrected chi connectivity index (χ3v) is 2.63. The molecule has 0 saturated heterocycles. The predicted molar refractivity (Wildman–Crippen MR) is 80.4 cm³/mol. The van der Waals surface area contributed by atoms with E-state index >= 15 is 0 Å². The van der Waals surface area contributed by atoms with Crippen LogP contribution < -0.4 is 16.8 Å². The van der Waals surface area contributed by atoms with Crippen LogP contribution in [0.5, 0.6) is 0 Å². The normalized spacial score (nSPS) is 11.4. The van der Waals surface area contributed by atoms with E-state index in [1.165, 1.54) is 0 Å². The summed E-state index contributed by atoms with van der Waals surface area (Å²) in [5.41, 5.74) is 11.4. The van der Waals surface area contributed by atoms with Gasteiger partial charge in [-0.3, -0.25) is 4.99 Å². The monoisotopic (exact) mass is 278 g/mol. The number of nitrogens with zero attached hydrogens (tertiary/aromatic N) is 1. The van der Waals surface area contributed by atoms with Crippen LogP contribution in [-0.4, -0.2) is 31.1 Å². The lowest BCUT2D eigenvalue weighted by Crippen LogP contribution is -2.31. The molecule has 1 atom stereocenters. The number of carbonyl (C=O) groups is 1. The number of nitrogens with one attached hydrogen (secondary N) is 1. The molecule has 0 amide bonds. The highest BCUT2D eigenvalue weighted by molar-refractivity contribution is 5.79. The van der Waals surface area contributed by atoms with Gasteiger partial charge in [-0.05, 0) is 31.9 Å². The van der Waals surface area contributed by atoms with E-state index in [4.69, 9.17) is 16.2 Å². The molecule has 0 aromatic heterocycles. The van der Waals surface area contributed by atoms with Crippen LogP contribution in [0.1, 0.15) is 19.8 Å². The van der Waals surface area contributed by atoms with Gasteiger partial charge in [-0.2, -0.15) is 0 Å². The molecule has 1 aromatic carbocycles. The van der Waals surface area contributed by atoms with Crippen molar-refractivity contribution in [3.63, 3.8) is 0 Å². The number of nitrogens with two attached hydrogens (primary N) is 2. The minimum atomic E-state index is -0.397. The number of benzene rings is 1. The molecule has 0 radical (unpaired) electrons. The van der Waals surface area contributed by atoms with E-state index in [2.05, 4.69) is 10.3 Å². The number of rotatable bonds is 8. The SMILES string of the molecule is CCOC(=O)C(CCCN=C(N)N)Nc1ccccc1.